The van der Waals surface area contributed by atoms with Crippen LogP contribution in [0.25, 0.3) is 11.3 Å². The van der Waals surface area contributed by atoms with Gasteiger partial charge in [0.2, 0.25) is 0 Å². The van der Waals surface area contributed by atoms with Crippen LogP contribution in [0, 0.1) is 0 Å². The second-order valence-corrected chi connectivity index (χ2v) is 6.24. The Labute approximate surface area is 127 Å². The number of nitrogens with one attached hydrogen (secondary N) is 1. The van der Waals surface area contributed by atoms with E-state index < -0.39 is 0 Å². The molecule has 0 radical (unpaired) electrons. The zero-order chi connectivity index (χ0) is 14.7. The lowest BCUT2D eigenvalue weighted by Gasteiger charge is -2.24. The molecule has 0 atom stereocenters. The molecule has 1 aliphatic rings. The number of hydrogen-bond donors (Lipinski definition) is 2. The van der Waals surface area contributed by atoms with Crippen LogP contribution in [0.2, 0.25) is 0 Å². The van der Waals surface area contributed by atoms with Gasteiger partial charge in [0, 0.05) is 12.0 Å². The summed E-state index contributed by atoms with van der Waals surface area (Å²) in [6.45, 7) is 2.21. The highest BCUT2D eigenvalue weighted by molar-refractivity contribution is 5.58. The van der Waals surface area contributed by atoms with Crippen molar-refractivity contribution in [3.63, 3.8) is 0 Å². The van der Waals surface area contributed by atoms with E-state index in [1.54, 1.807) is 0 Å². The molecule has 0 amide bonds. The first kappa shape index (κ1) is 14.3. The molecule has 0 bridgehead atoms. The van der Waals surface area contributed by atoms with Gasteiger partial charge in [0.05, 0.1) is 11.9 Å². The summed E-state index contributed by atoms with van der Waals surface area (Å²) in [5, 5.41) is 0. The van der Waals surface area contributed by atoms with Gasteiger partial charge in [0.25, 0.3) is 0 Å². The van der Waals surface area contributed by atoms with Crippen LogP contribution in [0.15, 0.2) is 30.5 Å². The summed E-state index contributed by atoms with van der Waals surface area (Å²) in [6.07, 6.45) is 8.86. The van der Waals surface area contributed by atoms with Gasteiger partial charge in [-0.1, -0.05) is 37.6 Å². The van der Waals surface area contributed by atoms with Crippen molar-refractivity contribution < 1.29 is 0 Å². The number of aromatic amines is 1. The number of benzene rings is 1. The van der Waals surface area contributed by atoms with Crippen LogP contribution in [0.5, 0.6) is 0 Å². The fourth-order valence-corrected chi connectivity index (χ4v) is 3.22. The van der Waals surface area contributed by atoms with Crippen LogP contribution < -0.4 is 5.73 Å². The number of H-pyrrole nitrogens is 1. The Morgan fingerprint density at radius 3 is 2.52 bits per heavy atom. The minimum atomic E-state index is 0.391. The normalized spacial score (nSPS) is 22.4. The molecule has 0 unspecified atom stereocenters. The van der Waals surface area contributed by atoms with E-state index >= 15 is 0 Å². The van der Waals surface area contributed by atoms with Gasteiger partial charge in [-0.15, -0.1) is 0 Å². The van der Waals surface area contributed by atoms with Gasteiger partial charge < -0.3 is 10.7 Å². The monoisotopic (exact) mass is 283 g/mol. The molecule has 21 heavy (non-hydrogen) atoms. The zero-order valence-corrected chi connectivity index (χ0v) is 12.8. The summed E-state index contributed by atoms with van der Waals surface area (Å²) >= 11 is 0. The van der Waals surface area contributed by atoms with Crippen LogP contribution in [0.1, 0.15) is 56.3 Å². The highest BCUT2D eigenvalue weighted by atomic mass is 14.9. The molecule has 3 nitrogen and oxygen atoms in total. The number of aryl methyl sites for hydroxylation is 1. The standard InChI is InChI=1S/C18H25N3/c1-2-3-13-4-6-14(7-5-13)17-12-20-18(21-17)15-8-10-16(19)11-9-15/h4-7,12,15-16H,2-3,8-11,19H2,1H3,(H,20,21). The molecule has 0 aliphatic heterocycles. The van der Waals surface area contributed by atoms with Crippen molar-refractivity contribution in [3.05, 3.63) is 41.9 Å². The first-order chi connectivity index (χ1) is 10.3. The molecule has 112 valence electrons. The zero-order valence-electron chi connectivity index (χ0n) is 12.8. The quantitative estimate of drug-likeness (QED) is 0.890. The summed E-state index contributed by atoms with van der Waals surface area (Å²) in [4.78, 5) is 8.12. The maximum Gasteiger partial charge on any atom is 0.109 e. The number of nitrogens with zero attached hydrogens (tertiary/aromatic N) is 1. The Bertz CT molecular complexity index is 562. The van der Waals surface area contributed by atoms with Crippen molar-refractivity contribution in [2.75, 3.05) is 0 Å². The highest BCUT2D eigenvalue weighted by Crippen LogP contribution is 2.31. The Hall–Kier alpha value is -1.61. The molecule has 1 aliphatic carbocycles. The number of nitrogens with two attached hydrogens (primary N) is 1. The number of aromatic nitrogens is 2. The smallest absolute Gasteiger partial charge is 0.109 e. The topological polar surface area (TPSA) is 54.7 Å². The lowest BCUT2D eigenvalue weighted by atomic mass is 9.86. The van der Waals surface area contributed by atoms with E-state index in [4.69, 9.17) is 5.73 Å². The molecule has 1 aromatic heterocycles. The van der Waals surface area contributed by atoms with Crippen LogP contribution in [0.3, 0.4) is 0 Å². The number of rotatable bonds is 4. The van der Waals surface area contributed by atoms with Crippen molar-refractivity contribution in [3.8, 4) is 11.3 Å². The fourth-order valence-electron chi connectivity index (χ4n) is 3.22. The van der Waals surface area contributed by atoms with E-state index in [0.717, 1.165) is 43.6 Å². The Morgan fingerprint density at radius 2 is 1.86 bits per heavy atom. The van der Waals surface area contributed by atoms with E-state index in [1.165, 1.54) is 17.5 Å². The molecule has 1 fully saturated rings. The summed E-state index contributed by atoms with van der Waals surface area (Å²) in [7, 11) is 0. The van der Waals surface area contributed by atoms with E-state index in [0.29, 0.717) is 12.0 Å². The van der Waals surface area contributed by atoms with E-state index in [9.17, 15) is 0 Å². The van der Waals surface area contributed by atoms with Crippen molar-refractivity contribution >= 4 is 0 Å². The average molecular weight is 283 g/mol. The SMILES string of the molecule is CCCc1ccc(-c2cnc(C3CCC(N)CC3)[nH]2)cc1. The lowest BCUT2D eigenvalue weighted by Crippen LogP contribution is -2.26. The first-order valence-electron chi connectivity index (χ1n) is 8.16. The fraction of sp³-hybridized carbons (Fsp3) is 0.500. The van der Waals surface area contributed by atoms with Crippen molar-refractivity contribution in [1.82, 2.24) is 9.97 Å². The van der Waals surface area contributed by atoms with Crippen molar-refractivity contribution in [1.29, 1.82) is 0 Å². The van der Waals surface area contributed by atoms with Crippen LogP contribution in [0.4, 0.5) is 0 Å². The number of imidazole rings is 1. The lowest BCUT2D eigenvalue weighted by molar-refractivity contribution is 0.386. The molecule has 1 aromatic carbocycles. The van der Waals surface area contributed by atoms with Gasteiger partial charge in [0.1, 0.15) is 5.82 Å². The molecule has 0 spiro atoms. The van der Waals surface area contributed by atoms with E-state index in [-0.39, 0.29) is 0 Å². The summed E-state index contributed by atoms with van der Waals surface area (Å²) < 4.78 is 0. The van der Waals surface area contributed by atoms with Crippen LogP contribution in [-0.4, -0.2) is 16.0 Å². The van der Waals surface area contributed by atoms with Crippen molar-refractivity contribution in [2.45, 2.75) is 57.4 Å². The first-order valence-corrected chi connectivity index (χ1v) is 8.16. The largest absolute Gasteiger partial charge is 0.342 e. The highest BCUT2D eigenvalue weighted by Gasteiger charge is 2.22. The average Bonchev–Trinajstić information content (AvgIpc) is 2.99. The van der Waals surface area contributed by atoms with Crippen molar-refractivity contribution in [2.24, 2.45) is 5.73 Å². The number of hydrogen-bond acceptors (Lipinski definition) is 2. The molecule has 3 heteroatoms. The molecular weight excluding hydrogens is 258 g/mol. The predicted molar refractivity (Wildman–Crippen MR) is 87.2 cm³/mol. The second kappa shape index (κ2) is 6.44. The third-order valence-corrected chi connectivity index (χ3v) is 4.56. The molecule has 3 N–H and O–H groups in total. The molecule has 3 rings (SSSR count). The molecule has 0 saturated heterocycles. The minimum Gasteiger partial charge on any atom is -0.342 e. The van der Waals surface area contributed by atoms with Crippen LogP contribution in [-0.2, 0) is 6.42 Å². The van der Waals surface area contributed by atoms with Gasteiger partial charge in [-0.25, -0.2) is 4.98 Å². The molecular formula is C18H25N3. The Balaban J connectivity index is 1.72. The summed E-state index contributed by atoms with van der Waals surface area (Å²) in [5.74, 6) is 1.69. The minimum absolute atomic E-state index is 0.391. The third kappa shape index (κ3) is 3.35. The van der Waals surface area contributed by atoms with Gasteiger partial charge in [-0.2, -0.15) is 0 Å². The Kier molecular flexibility index (Phi) is 4.39. The maximum absolute atomic E-state index is 5.98. The molecule has 1 heterocycles. The van der Waals surface area contributed by atoms with Gasteiger partial charge in [0.15, 0.2) is 0 Å². The Morgan fingerprint density at radius 1 is 1.14 bits per heavy atom. The van der Waals surface area contributed by atoms with E-state index in [1.807, 2.05) is 6.20 Å². The molecule has 2 aromatic rings. The third-order valence-electron chi connectivity index (χ3n) is 4.56. The van der Waals surface area contributed by atoms with Gasteiger partial charge in [-0.3, -0.25) is 0 Å². The molecule has 1 saturated carbocycles. The van der Waals surface area contributed by atoms with Gasteiger partial charge in [-0.05, 0) is 43.2 Å². The summed E-state index contributed by atoms with van der Waals surface area (Å²) in [6, 6.07) is 9.22. The maximum atomic E-state index is 5.98. The summed E-state index contributed by atoms with van der Waals surface area (Å²) in [5.41, 5.74) is 9.74. The van der Waals surface area contributed by atoms with E-state index in [2.05, 4.69) is 41.2 Å². The van der Waals surface area contributed by atoms with Gasteiger partial charge >= 0.3 is 0 Å². The second-order valence-electron chi connectivity index (χ2n) is 6.24. The predicted octanol–water partition coefficient (Wildman–Crippen LogP) is 4.01. The van der Waals surface area contributed by atoms with Crippen LogP contribution >= 0.6 is 0 Å².